The summed E-state index contributed by atoms with van der Waals surface area (Å²) in [7, 11) is 0. The van der Waals surface area contributed by atoms with E-state index in [0.29, 0.717) is 17.9 Å². The average Bonchev–Trinajstić information content (AvgIpc) is 2.18. The van der Waals surface area contributed by atoms with Crippen molar-refractivity contribution in [3.8, 4) is 11.8 Å². The topological polar surface area (TPSA) is 20.2 Å². The van der Waals surface area contributed by atoms with Crippen molar-refractivity contribution in [1.82, 2.24) is 0 Å². The van der Waals surface area contributed by atoms with Crippen molar-refractivity contribution in [1.29, 1.82) is 0 Å². The van der Waals surface area contributed by atoms with Gasteiger partial charge in [-0.25, -0.2) is 0 Å². The van der Waals surface area contributed by atoms with Crippen LogP contribution in [0.15, 0.2) is 24.3 Å². The molecule has 0 saturated carbocycles. The average molecular weight is 223 g/mol. The van der Waals surface area contributed by atoms with Crippen LogP contribution < -0.4 is 0 Å². The maximum Gasteiger partial charge on any atom is 0.0892 e. The molecule has 1 atom stereocenters. The highest BCUT2D eigenvalue weighted by atomic mass is 35.5. The first-order valence-corrected chi connectivity index (χ1v) is 5.33. The van der Waals surface area contributed by atoms with Crippen LogP contribution in [0.3, 0.4) is 0 Å². The number of benzene rings is 1. The predicted octanol–water partition coefficient (Wildman–Crippen LogP) is 3.35. The van der Waals surface area contributed by atoms with E-state index in [1.54, 1.807) is 19.9 Å². The van der Waals surface area contributed by atoms with Gasteiger partial charge in [-0.15, -0.1) is 11.8 Å². The summed E-state index contributed by atoms with van der Waals surface area (Å²) in [5, 5.41) is 10.8. The van der Waals surface area contributed by atoms with E-state index in [2.05, 4.69) is 11.8 Å². The summed E-state index contributed by atoms with van der Waals surface area (Å²) in [6, 6.07) is 7.37. The summed E-state index contributed by atoms with van der Waals surface area (Å²) in [6.07, 6.45) is 1.27. The van der Waals surface area contributed by atoms with Crippen LogP contribution >= 0.6 is 11.6 Å². The Hall–Kier alpha value is -0.970. The minimum Gasteiger partial charge on any atom is -0.385 e. The molecule has 0 aliphatic rings. The van der Waals surface area contributed by atoms with E-state index in [-0.39, 0.29) is 0 Å². The number of rotatable bonds is 3. The molecular weight excluding hydrogens is 208 g/mol. The molecule has 1 aromatic carbocycles. The van der Waals surface area contributed by atoms with Gasteiger partial charge in [-0.05, 0) is 26.3 Å². The highest BCUT2D eigenvalue weighted by Crippen LogP contribution is 2.31. The zero-order valence-electron chi connectivity index (χ0n) is 9.05. The fourth-order valence-corrected chi connectivity index (χ4v) is 1.80. The van der Waals surface area contributed by atoms with Gasteiger partial charge in [0.15, 0.2) is 0 Å². The van der Waals surface area contributed by atoms with Crippen LogP contribution in [0.25, 0.3) is 0 Å². The number of hydrogen-bond acceptors (Lipinski definition) is 1. The molecule has 0 heterocycles. The molecule has 1 unspecified atom stereocenters. The molecule has 1 aromatic rings. The lowest BCUT2D eigenvalue weighted by atomic mass is 9.91. The SMILES string of the molecule is CC#CCCC(C)(O)c1ccccc1Cl. The molecule has 0 bridgehead atoms. The monoisotopic (exact) mass is 222 g/mol. The number of halogens is 1. The molecule has 0 saturated heterocycles. The molecule has 0 fully saturated rings. The normalized spacial score (nSPS) is 13.9. The Kier molecular flexibility index (Phi) is 4.20. The molecule has 2 heteroatoms. The third kappa shape index (κ3) is 3.27. The second-order valence-electron chi connectivity index (χ2n) is 3.68. The highest BCUT2D eigenvalue weighted by molar-refractivity contribution is 6.31. The van der Waals surface area contributed by atoms with Gasteiger partial charge in [0.1, 0.15) is 0 Å². The van der Waals surface area contributed by atoms with Crippen molar-refractivity contribution in [3.05, 3.63) is 34.9 Å². The largest absolute Gasteiger partial charge is 0.385 e. The molecule has 15 heavy (non-hydrogen) atoms. The van der Waals surface area contributed by atoms with Crippen molar-refractivity contribution in [2.45, 2.75) is 32.3 Å². The van der Waals surface area contributed by atoms with E-state index < -0.39 is 5.60 Å². The second-order valence-corrected chi connectivity index (χ2v) is 4.09. The molecule has 80 valence electrons. The van der Waals surface area contributed by atoms with Gasteiger partial charge in [0, 0.05) is 17.0 Å². The van der Waals surface area contributed by atoms with Gasteiger partial charge in [0.2, 0.25) is 0 Å². The van der Waals surface area contributed by atoms with Crippen molar-refractivity contribution in [2.75, 3.05) is 0 Å². The Morgan fingerprint density at radius 3 is 2.67 bits per heavy atom. The fourth-order valence-electron chi connectivity index (χ4n) is 1.46. The van der Waals surface area contributed by atoms with E-state index in [4.69, 9.17) is 11.6 Å². The number of aliphatic hydroxyl groups is 1. The molecule has 0 radical (unpaired) electrons. The summed E-state index contributed by atoms with van der Waals surface area (Å²) in [5.74, 6) is 5.75. The smallest absolute Gasteiger partial charge is 0.0892 e. The van der Waals surface area contributed by atoms with E-state index >= 15 is 0 Å². The van der Waals surface area contributed by atoms with E-state index in [9.17, 15) is 5.11 Å². The lowest BCUT2D eigenvalue weighted by Crippen LogP contribution is -2.21. The summed E-state index contributed by atoms with van der Waals surface area (Å²) >= 11 is 6.03. The third-order valence-corrected chi connectivity index (χ3v) is 2.70. The molecule has 0 aliphatic heterocycles. The predicted molar refractivity (Wildman–Crippen MR) is 63.7 cm³/mol. The van der Waals surface area contributed by atoms with Gasteiger partial charge in [-0.2, -0.15) is 0 Å². The van der Waals surface area contributed by atoms with Crippen LogP contribution in [0.4, 0.5) is 0 Å². The molecule has 1 N–H and O–H groups in total. The zero-order chi connectivity index (χ0) is 11.3. The minimum absolute atomic E-state index is 0.595. The lowest BCUT2D eigenvalue weighted by Gasteiger charge is -2.23. The maximum absolute atomic E-state index is 10.2. The first-order chi connectivity index (χ1) is 7.08. The van der Waals surface area contributed by atoms with Gasteiger partial charge in [0.25, 0.3) is 0 Å². The van der Waals surface area contributed by atoms with Crippen LogP contribution in [-0.2, 0) is 5.60 Å². The van der Waals surface area contributed by atoms with Crippen molar-refractivity contribution in [2.24, 2.45) is 0 Å². The summed E-state index contributed by atoms with van der Waals surface area (Å²) in [4.78, 5) is 0. The molecule has 0 aliphatic carbocycles. The van der Waals surface area contributed by atoms with Crippen molar-refractivity contribution < 1.29 is 5.11 Å². The van der Waals surface area contributed by atoms with Gasteiger partial charge in [-0.1, -0.05) is 29.8 Å². The molecule has 1 nitrogen and oxygen atoms in total. The lowest BCUT2D eigenvalue weighted by molar-refractivity contribution is 0.0495. The molecule has 0 amide bonds. The quantitative estimate of drug-likeness (QED) is 0.778. The Morgan fingerprint density at radius 1 is 1.40 bits per heavy atom. The summed E-state index contributed by atoms with van der Waals surface area (Å²) < 4.78 is 0. The summed E-state index contributed by atoms with van der Waals surface area (Å²) in [6.45, 7) is 3.57. The van der Waals surface area contributed by atoms with Gasteiger partial charge in [0.05, 0.1) is 5.60 Å². The molecule has 0 aromatic heterocycles. The first-order valence-electron chi connectivity index (χ1n) is 4.95. The van der Waals surface area contributed by atoms with Crippen molar-refractivity contribution >= 4 is 11.6 Å². The molecule has 0 spiro atoms. The van der Waals surface area contributed by atoms with E-state index in [1.807, 2.05) is 18.2 Å². The maximum atomic E-state index is 10.2. The minimum atomic E-state index is -0.901. The first kappa shape index (κ1) is 12.1. The van der Waals surface area contributed by atoms with E-state index in [1.165, 1.54) is 0 Å². The zero-order valence-corrected chi connectivity index (χ0v) is 9.80. The third-order valence-electron chi connectivity index (χ3n) is 2.37. The fraction of sp³-hybridized carbons (Fsp3) is 0.385. The highest BCUT2D eigenvalue weighted by Gasteiger charge is 2.24. The van der Waals surface area contributed by atoms with Crippen LogP contribution in [0.5, 0.6) is 0 Å². The van der Waals surface area contributed by atoms with Crippen LogP contribution in [0.2, 0.25) is 5.02 Å². The number of hydrogen-bond donors (Lipinski definition) is 1. The Balaban J connectivity index is 2.84. The Labute approximate surface area is 96.1 Å². The Morgan fingerprint density at radius 2 is 2.07 bits per heavy atom. The van der Waals surface area contributed by atoms with Gasteiger partial charge >= 0.3 is 0 Å². The molecule has 1 rings (SSSR count). The van der Waals surface area contributed by atoms with Crippen LogP contribution in [0, 0.1) is 11.8 Å². The van der Waals surface area contributed by atoms with Crippen molar-refractivity contribution in [3.63, 3.8) is 0 Å². The van der Waals surface area contributed by atoms with Crippen LogP contribution in [-0.4, -0.2) is 5.11 Å². The van der Waals surface area contributed by atoms with Gasteiger partial charge < -0.3 is 5.11 Å². The molecular formula is C13H15ClO. The van der Waals surface area contributed by atoms with E-state index in [0.717, 1.165) is 5.56 Å². The van der Waals surface area contributed by atoms with Gasteiger partial charge in [-0.3, -0.25) is 0 Å². The van der Waals surface area contributed by atoms with Crippen LogP contribution in [0.1, 0.15) is 32.3 Å². The standard InChI is InChI=1S/C13H15ClO/c1-3-4-7-10-13(2,15)11-8-5-6-9-12(11)14/h5-6,8-9,15H,7,10H2,1-2H3. The second kappa shape index (κ2) is 5.21. The summed E-state index contributed by atoms with van der Waals surface area (Å²) in [5.41, 5.74) is -0.132. The Bertz CT molecular complexity index is 385.